The molecule has 22 heavy (non-hydrogen) atoms. The minimum atomic E-state index is -0.611. The van der Waals surface area contributed by atoms with E-state index in [1.54, 1.807) is 11.3 Å². The summed E-state index contributed by atoms with van der Waals surface area (Å²) in [5.41, 5.74) is 1.25. The first-order valence-electron chi connectivity index (χ1n) is 7.42. The van der Waals surface area contributed by atoms with Crippen LogP contribution in [0.1, 0.15) is 60.8 Å². The van der Waals surface area contributed by atoms with E-state index < -0.39 is 5.60 Å². The Morgan fingerprint density at radius 2 is 1.86 bits per heavy atom. The Labute approximate surface area is 150 Å². The lowest BCUT2D eigenvalue weighted by Crippen LogP contribution is -2.24. The smallest absolute Gasteiger partial charge is 0.339 e. The predicted octanol–water partition coefficient (Wildman–Crippen LogP) is 5.96. The third-order valence-electron chi connectivity index (χ3n) is 3.84. The molecular weight excluding hydrogens is 407 g/mol. The summed E-state index contributed by atoms with van der Waals surface area (Å²) < 4.78 is 6.91. The lowest BCUT2D eigenvalue weighted by molar-refractivity contribution is -0.00156. The maximum Gasteiger partial charge on any atom is 0.339 e. The van der Waals surface area contributed by atoms with Crippen molar-refractivity contribution in [1.29, 1.82) is 0 Å². The minimum Gasteiger partial charge on any atom is -0.450 e. The van der Waals surface area contributed by atoms with Crippen LogP contribution in [0, 0.1) is 2.88 Å². The van der Waals surface area contributed by atoms with E-state index >= 15 is 0 Å². The molecule has 1 unspecified atom stereocenters. The number of halogens is 1. The maximum atomic E-state index is 12.4. The summed E-state index contributed by atoms with van der Waals surface area (Å²) in [4.78, 5) is 13.4. The average Bonchev–Trinajstić information content (AvgIpc) is 2.93. The lowest BCUT2D eigenvalue weighted by atomic mass is 9.97. The third-order valence-corrected chi connectivity index (χ3v) is 6.04. The van der Waals surface area contributed by atoms with Crippen molar-refractivity contribution in [3.8, 4) is 0 Å². The normalized spacial score (nSPS) is 13.0. The van der Waals surface area contributed by atoms with Crippen molar-refractivity contribution in [3.05, 3.63) is 55.3 Å². The van der Waals surface area contributed by atoms with Gasteiger partial charge in [0.05, 0.1) is 8.45 Å². The van der Waals surface area contributed by atoms with Crippen LogP contribution in [0.5, 0.6) is 0 Å². The van der Waals surface area contributed by atoms with Crippen LogP contribution in [0.4, 0.5) is 0 Å². The van der Waals surface area contributed by atoms with Crippen molar-refractivity contribution in [1.82, 2.24) is 0 Å². The van der Waals surface area contributed by atoms with Crippen molar-refractivity contribution in [3.63, 3.8) is 0 Å². The number of carbonyl (C=O) groups is 1. The van der Waals surface area contributed by atoms with Crippen molar-refractivity contribution < 1.29 is 9.53 Å². The molecule has 0 saturated heterocycles. The van der Waals surface area contributed by atoms with Crippen LogP contribution in [0.25, 0.3) is 0 Å². The summed E-state index contributed by atoms with van der Waals surface area (Å²) in [5.74, 6) is 0.235. The fourth-order valence-electron chi connectivity index (χ4n) is 2.16. The van der Waals surface area contributed by atoms with Gasteiger partial charge in [0.1, 0.15) is 5.60 Å². The number of benzene rings is 1. The second-order valence-corrected chi connectivity index (χ2v) is 8.91. The lowest BCUT2D eigenvalue weighted by Gasteiger charge is -2.24. The van der Waals surface area contributed by atoms with E-state index in [0.717, 1.165) is 11.3 Å². The van der Waals surface area contributed by atoms with Crippen molar-refractivity contribution in [2.24, 2.45) is 0 Å². The molecule has 1 aromatic carbocycles. The highest BCUT2D eigenvalue weighted by atomic mass is 127. The first kappa shape index (κ1) is 17.5. The Bertz CT molecular complexity index is 643. The molecule has 0 aliphatic carbocycles. The van der Waals surface area contributed by atoms with Gasteiger partial charge in [0.2, 0.25) is 0 Å². The van der Waals surface area contributed by atoms with Gasteiger partial charge in [0.25, 0.3) is 0 Å². The Morgan fingerprint density at radius 3 is 2.36 bits per heavy atom. The highest BCUT2D eigenvalue weighted by Gasteiger charge is 2.27. The molecule has 0 amide bonds. The molecule has 1 heterocycles. The van der Waals surface area contributed by atoms with Gasteiger partial charge >= 0.3 is 5.97 Å². The zero-order valence-corrected chi connectivity index (χ0v) is 16.3. The highest BCUT2D eigenvalue weighted by molar-refractivity contribution is 14.1. The van der Waals surface area contributed by atoms with Gasteiger partial charge in [-0.1, -0.05) is 26.0 Å². The zero-order chi connectivity index (χ0) is 16.3. The number of carbonyl (C=O) groups excluding carboxylic acids is 1. The molecule has 2 rings (SSSR count). The van der Waals surface area contributed by atoms with Crippen molar-refractivity contribution in [2.45, 2.75) is 45.6 Å². The zero-order valence-electron chi connectivity index (χ0n) is 13.4. The standard InChI is InChI=1S/C18H21IO2S/c1-5-12(2)13-6-8-14(9-7-13)17(20)21-18(3,4)15-10-11-16(19)22-15/h6-12H,5H2,1-4H3. The molecule has 0 bridgehead atoms. The molecule has 0 aliphatic rings. The number of esters is 1. The van der Waals surface area contributed by atoms with Crippen LogP contribution in [-0.4, -0.2) is 5.97 Å². The average molecular weight is 428 g/mol. The first-order valence-corrected chi connectivity index (χ1v) is 9.32. The fraction of sp³-hybridized carbons (Fsp3) is 0.389. The van der Waals surface area contributed by atoms with Crippen LogP contribution in [0.3, 0.4) is 0 Å². The van der Waals surface area contributed by atoms with Crippen molar-refractivity contribution >= 4 is 39.9 Å². The Kier molecular flexibility index (Phi) is 5.66. The van der Waals surface area contributed by atoms with E-state index in [1.165, 1.54) is 8.45 Å². The van der Waals surface area contributed by atoms with E-state index in [4.69, 9.17) is 4.74 Å². The van der Waals surface area contributed by atoms with Crippen LogP contribution in [0.2, 0.25) is 0 Å². The molecule has 0 saturated carbocycles. The van der Waals surface area contributed by atoms with Gasteiger partial charge in [-0.15, -0.1) is 11.3 Å². The van der Waals surface area contributed by atoms with E-state index in [1.807, 2.05) is 50.2 Å². The van der Waals surface area contributed by atoms with Crippen LogP contribution in [0.15, 0.2) is 36.4 Å². The molecule has 4 heteroatoms. The molecule has 1 aromatic heterocycles. The largest absolute Gasteiger partial charge is 0.450 e. The second kappa shape index (κ2) is 7.13. The van der Waals surface area contributed by atoms with Gasteiger partial charge in [-0.2, -0.15) is 0 Å². The second-order valence-electron chi connectivity index (χ2n) is 5.93. The quantitative estimate of drug-likeness (QED) is 0.434. The summed E-state index contributed by atoms with van der Waals surface area (Å²) in [6.07, 6.45) is 1.09. The van der Waals surface area contributed by atoms with E-state index in [-0.39, 0.29) is 5.97 Å². The van der Waals surface area contributed by atoms with Crippen LogP contribution < -0.4 is 0 Å². The molecule has 0 aliphatic heterocycles. The Balaban J connectivity index is 2.11. The monoisotopic (exact) mass is 428 g/mol. The topological polar surface area (TPSA) is 26.3 Å². The van der Waals surface area contributed by atoms with Crippen molar-refractivity contribution in [2.75, 3.05) is 0 Å². The fourth-order valence-corrected chi connectivity index (χ4v) is 3.82. The number of thiophene rings is 1. The molecule has 2 nitrogen and oxygen atoms in total. The third kappa shape index (κ3) is 4.10. The SMILES string of the molecule is CCC(C)c1ccc(C(=O)OC(C)(C)c2ccc(I)s2)cc1. The predicted molar refractivity (Wildman–Crippen MR) is 101 cm³/mol. The molecule has 1 atom stereocenters. The Morgan fingerprint density at radius 1 is 1.23 bits per heavy atom. The molecule has 0 spiro atoms. The van der Waals surface area contributed by atoms with E-state index in [9.17, 15) is 4.79 Å². The van der Waals surface area contributed by atoms with Gasteiger partial charge in [0.15, 0.2) is 0 Å². The van der Waals surface area contributed by atoms with Crippen LogP contribution >= 0.6 is 33.9 Å². The summed E-state index contributed by atoms with van der Waals surface area (Å²) in [6.45, 7) is 8.22. The maximum absolute atomic E-state index is 12.4. The summed E-state index contributed by atoms with van der Waals surface area (Å²) in [6, 6.07) is 11.8. The van der Waals surface area contributed by atoms with E-state index in [0.29, 0.717) is 11.5 Å². The molecule has 2 aromatic rings. The van der Waals surface area contributed by atoms with Gasteiger partial charge < -0.3 is 4.74 Å². The Hall–Kier alpha value is -0.880. The van der Waals surface area contributed by atoms with Crippen LogP contribution in [-0.2, 0) is 10.3 Å². The van der Waals surface area contributed by atoms with Gasteiger partial charge in [0, 0.05) is 4.88 Å². The summed E-state index contributed by atoms with van der Waals surface area (Å²) in [7, 11) is 0. The highest BCUT2D eigenvalue weighted by Crippen LogP contribution is 2.32. The van der Waals surface area contributed by atoms with Gasteiger partial charge in [-0.3, -0.25) is 0 Å². The van der Waals surface area contributed by atoms with Gasteiger partial charge in [-0.05, 0) is 78.6 Å². The number of ether oxygens (including phenoxy) is 1. The van der Waals surface area contributed by atoms with E-state index in [2.05, 4.69) is 36.4 Å². The molecular formula is C18H21IO2S. The summed E-state index contributed by atoms with van der Waals surface area (Å²) in [5, 5.41) is 0. The minimum absolute atomic E-state index is 0.274. The molecule has 0 N–H and O–H groups in total. The number of hydrogen-bond acceptors (Lipinski definition) is 3. The first-order chi connectivity index (χ1) is 10.3. The van der Waals surface area contributed by atoms with Gasteiger partial charge in [-0.25, -0.2) is 4.79 Å². The number of hydrogen-bond donors (Lipinski definition) is 0. The molecule has 0 fully saturated rings. The summed E-state index contributed by atoms with van der Waals surface area (Å²) >= 11 is 3.93. The molecule has 118 valence electrons. The molecule has 0 radical (unpaired) electrons. The number of rotatable bonds is 5.